The molecule has 1 aliphatic carbocycles. The molecular weight excluding hydrogens is 421 g/mol. The summed E-state index contributed by atoms with van der Waals surface area (Å²) in [6.45, 7) is 0.667. The van der Waals surface area contributed by atoms with Crippen molar-refractivity contribution in [2.24, 2.45) is 0 Å². The van der Waals surface area contributed by atoms with Crippen molar-refractivity contribution in [3.63, 3.8) is 0 Å². The molecule has 0 atom stereocenters. The third-order valence-electron chi connectivity index (χ3n) is 5.00. The molecule has 160 valence electrons. The maximum atomic E-state index is 13.0. The molecule has 5 nitrogen and oxygen atoms in total. The Morgan fingerprint density at radius 2 is 1.90 bits per heavy atom. The monoisotopic (exact) mass is 440 g/mol. The van der Waals surface area contributed by atoms with E-state index in [9.17, 15) is 22.8 Å². The van der Waals surface area contributed by atoms with Crippen LogP contribution in [0.5, 0.6) is 0 Å². The van der Waals surface area contributed by atoms with Gasteiger partial charge in [-0.15, -0.1) is 0 Å². The number of hydrogen-bond donors (Lipinski definition) is 2. The second-order valence-electron chi connectivity index (χ2n) is 7.06. The van der Waals surface area contributed by atoms with Gasteiger partial charge in [-0.05, 0) is 42.7 Å². The Labute approximate surface area is 176 Å². The highest BCUT2D eigenvalue weighted by atomic mass is 35.5. The number of nitrogens with one attached hydrogen (secondary N) is 2. The molecule has 1 fully saturated rings. The van der Waals surface area contributed by atoms with Gasteiger partial charge in [-0.1, -0.05) is 29.8 Å². The zero-order chi connectivity index (χ0) is 21.9. The third kappa shape index (κ3) is 4.76. The van der Waals surface area contributed by atoms with E-state index in [1.165, 1.54) is 37.4 Å². The highest BCUT2D eigenvalue weighted by Gasteiger charge is 2.52. The van der Waals surface area contributed by atoms with E-state index in [4.69, 9.17) is 16.3 Å². The van der Waals surface area contributed by atoms with Crippen LogP contribution < -0.4 is 10.6 Å². The first-order valence-electron chi connectivity index (χ1n) is 9.23. The van der Waals surface area contributed by atoms with Gasteiger partial charge in [0.15, 0.2) is 0 Å². The summed E-state index contributed by atoms with van der Waals surface area (Å²) < 4.78 is 44.0. The van der Waals surface area contributed by atoms with Crippen LogP contribution in [0, 0.1) is 0 Å². The van der Waals surface area contributed by atoms with Gasteiger partial charge in [0.1, 0.15) is 0 Å². The fourth-order valence-electron chi connectivity index (χ4n) is 3.14. The zero-order valence-electron chi connectivity index (χ0n) is 16.1. The maximum Gasteiger partial charge on any atom is 0.416 e. The van der Waals surface area contributed by atoms with Crippen molar-refractivity contribution < 1.29 is 27.5 Å². The number of alkyl halides is 3. The van der Waals surface area contributed by atoms with E-state index < -0.39 is 23.1 Å². The predicted molar refractivity (Wildman–Crippen MR) is 107 cm³/mol. The maximum absolute atomic E-state index is 13.0. The first-order valence-corrected chi connectivity index (χ1v) is 9.61. The van der Waals surface area contributed by atoms with Crippen LogP contribution >= 0.6 is 11.6 Å². The molecule has 2 N–H and O–H groups in total. The molecule has 3 rings (SSSR count). The first-order chi connectivity index (χ1) is 14.2. The Kier molecular flexibility index (Phi) is 6.38. The number of anilines is 1. The Hall–Kier alpha value is -2.58. The van der Waals surface area contributed by atoms with Gasteiger partial charge in [-0.2, -0.15) is 13.2 Å². The van der Waals surface area contributed by atoms with Gasteiger partial charge in [0, 0.05) is 19.2 Å². The molecular formula is C21H20ClF3N2O3. The number of hydrogen-bond acceptors (Lipinski definition) is 3. The largest absolute Gasteiger partial charge is 0.416 e. The molecule has 2 amide bonds. The van der Waals surface area contributed by atoms with Crippen LogP contribution in [0.25, 0.3) is 0 Å². The Balaban J connectivity index is 1.79. The molecule has 0 radical (unpaired) electrons. The van der Waals surface area contributed by atoms with Crippen molar-refractivity contribution >= 4 is 29.1 Å². The van der Waals surface area contributed by atoms with E-state index in [0.29, 0.717) is 31.6 Å². The molecule has 2 aromatic rings. The lowest BCUT2D eigenvalue weighted by Gasteiger charge is -2.18. The molecule has 0 heterocycles. The average molecular weight is 441 g/mol. The van der Waals surface area contributed by atoms with E-state index >= 15 is 0 Å². The quantitative estimate of drug-likeness (QED) is 0.627. The van der Waals surface area contributed by atoms with Crippen LogP contribution in [0.15, 0.2) is 42.5 Å². The molecule has 0 bridgehead atoms. The fourth-order valence-corrected chi connectivity index (χ4v) is 3.30. The molecule has 1 saturated carbocycles. The minimum atomic E-state index is -4.49. The summed E-state index contributed by atoms with van der Waals surface area (Å²) in [6, 6.07) is 9.22. The van der Waals surface area contributed by atoms with Gasteiger partial charge in [0.05, 0.1) is 28.3 Å². The van der Waals surface area contributed by atoms with Gasteiger partial charge in [-0.25, -0.2) is 0 Å². The topological polar surface area (TPSA) is 67.4 Å². The van der Waals surface area contributed by atoms with Crippen molar-refractivity contribution in [1.82, 2.24) is 5.32 Å². The van der Waals surface area contributed by atoms with Crippen molar-refractivity contribution in [1.29, 1.82) is 0 Å². The second-order valence-corrected chi connectivity index (χ2v) is 7.47. The minimum absolute atomic E-state index is 0.219. The Bertz CT molecular complexity index is 959. The average Bonchev–Trinajstić information content (AvgIpc) is 3.51. The van der Waals surface area contributed by atoms with Crippen molar-refractivity contribution in [2.45, 2.75) is 24.4 Å². The lowest BCUT2D eigenvalue weighted by atomic mass is 9.93. The fraction of sp³-hybridized carbons (Fsp3) is 0.333. The highest BCUT2D eigenvalue weighted by molar-refractivity contribution is 6.34. The van der Waals surface area contributed by atoms with Gasteiger partial charge < -0.3 is 15.4 Å². The number of carbonyl (C=O) groups excluding carboxylic acids is 2. The zero-order valence-corrected chi connectivity index (χ0v) is 16.9. The molecule has 0 saturated heterocycles. The SMILES string of the molecule is COCCNC(=O)c1ccc(Cl)c(NC(=O)C2(c3cccc(C(F)(F)F)c3)CC2)c1. The second kappa shape index (κ2) is 8.65. The van der Waals surface area contributed by atoms with E-state index in [-0.39, 0.29) is 22.2 Å². The smallest absolute Gasteiger partial charge is 0.383 e. The summed E-state index contributed by atoms with van der Waals surface area (Å²) in [5.41, 5.74) is -1.03. The minimum Gasteiger partial charge on any atom is -0.383 e. The first kappa shape index (κ1) is 22.1. The van der Waals surface area contributed by atoms with E-state index in [2.05, 4.69) is 10.6 Å². The number of ether oxygens (including phenoxy) is 1. The van der Waals surface area contributed by atoms with Crippen molar-refractivity contribution in [2.75, 3.05) is 25.6 Å². The number of amides is 2. The van der Waals surface area contributed by atoms with E-state index in [0.717, 1.165) is 12.1 Å². The van der Waals surface area contributed by atoms with Crippen LogP contribution in [0.3, 0.4) is 0 Å². The highest BCUT2D eigenvalue weighted by Crippen LogP contribution is 2.50. The number of methoxy groups -OCH3 is 1. The van der Waals surface area contributed by atoms with Gasteiger partial charge in [0.25, 0.3) is 5.91 Å². The number of benzene rings is 2. The number of rotatable bonds is 7. The van der Waals surface area contributed by atoms with Crippen molar-refractivity contribution in [3.8, 4) is 0 Å². The summed E-state index contributed by atoms with van der Waals surface area (Å²) in [5, 5.41) is 5.56. The van der Waals surface area contributed by atoms with Crippen LogP contribution in [0.2, 0.25) is 5.02 Å². The lowest BCUT2D eigenvalue weighted by Crippen LogP contribution is -2.29. The van der Waals surface area contributed by atoms with Crippen LogP contribution in [-0.2, 0) is 21.1 Å². The Morgan fingerprint density at radius 1 is 1.17 bits per heavy atom. The summed E-state index contributed by atoms with van der Waals surface area (Å²) in [5.74, 6) is -0.820. The van der Waals surface area contributed by atoms with Gasteiger partial charge >= 0.3 is 6.18 Å². The predicted octanol–water partition coefficient (Wildman–Crippen LogP) is 4.41. The summed E-state index contributed by atoms with van der Waals surface area (Å²) in [7, 11) is 1.51. The van der Waals surface area contributed by atoms with Gasteiger partial charge in [0.2, 0.25) is 5.91 Å². The molecule has 30 heavy (non-hydrogen) atoms. The summed E-state index contributed by atoms with van der Waals surface area (Å²) in [4.78, 5) is 25.1. The number of carbonyl (C=O) groups is 2. The molecule has 2 aromatic carbocycles. The third-order valence-corrected chi connectivity index (χ3v) is 5.33. The molecule has 1 aliphatic rings. The lowest BCUT2D eigenvalue weighted by molar-refractivity contribution is -0.137. The van der Waals surface area contributed by atoms with Crippen LogP contribution in [-0.4, -0.2) is 32.1 Å². The van der Waals surface area contributed by atoms with Crippen molar-refractivity contribution in [3.05, 3.63) is 64.2 Å². The molecule has 0 spiro atoms. The summed E-state index contributed by atoms with van der Waals surface area (Å²) in [6.07, 6.45) is -3.64. The molecule has 0 aliphatic heterocycles. The van der Waals surface area contributed by atoms with E-state index in [1.54, 1.807) is 0 Å². The molecule has 0 unspecified atom stereocenters. The van der Waals surface area contributed by atoms with Crippen LogP contribution in [0.4, 0.5) is 18.9 Å². The number of halogens is 4. The molecule has 9 heteroatoms. The van der Waals surface area contributed by atoms with E-state index in [1.807, 2.05) is 0 Å². The normalized spacial score (nSPS) is 14.8. The summed E-state index contributed by atoms with van der Waals surface area (Å²) >= 11 is 6.16. The Morgan fingerprint density at radius 3 is 2.53 bits per heavy atom. The standard InChI is InChI=1S/C21H20ClF3N2O3/c1-30-10-9-26-18(28)13-5-6-16(22)17(11-13)27-19(29)20(7-8-20)14-3-2-4-15(12-14)21(23,24)25/h2-6,11-12H,7-10H2,1H3,(H,26,28)(H,27,29). The van der Waals surface area contributed by atoms with Crippen LogP contribution in [0.1, 0.15) is 34.3 Å². The van der Waals surface area contributed by atoms with Gasteiger partial charge in [-0.3, -0.25) is 9.59 Å². The molecule has 0 aromatic heterocycles.